The van der Waals surface area contributed by atoms with E-state index in [0.717, 1.165) is 16.7 Å². The molecule has 0 radical (unpaired) electrons. The van der Waals surface area contributed by atoms with Gasteiger partial charge in [0.25, 0.3) is 0 Å². The number of carbonyl (C=O) groups is 3. The van der Waals surface area contributed by atoms with Crippen LogP contribution in [-0.2, 0) is 18.9 Å². The SMILES string of the molecule is Cc1ccc(C(=O)OC[C@H]2O[C@](O)(CBr)[C@H](OC(=O)c3ccc(C)cc3)[C@@H]2OC(=O)c2ccc(C)cc2)cc1. The number of rotatable bonds is 8. The number of aliphatic hydroxyl groups is 1. The van der Waals surface area contributed by atoms with Crippen molar-refractivity contribution in [2.45, 2.75) is 44.9 Å². The van der Waals surface area contributed by atoms with E-state index in [9.17, 15) is 19.5 Å². The zero-order chi connectivity index (χ0) is 28.2. The molecule has 0 aromatic heterocycles. The van der Waals surface area contributed by atoms with Crippen molar-refractivity contribution in [3.05, 3.63) is 106 Å². The topological polar surface area (TPSA) is 108 Å². The maximum Gasteiger partial charge on any atom is 0.338 e. The number of ether oxygens (including phenoxy) is 4. The van der Waals surface area contributed by atoms with Crippen LogP contribution in [0.4, 0.5) is 0 Å². The molecule has 1 aliphatic heterocycles. The van der Waals surface area contributed by atoms with E-state index in [4.69, 9.17) is 18.9 Å². The summed E-state index contributed by atoms with van der Waals surface area (Å²) in [5.41, 5.74) is 3.71. The normalized spacial score (nSPS) is 22.2. The summed E-state index contributed by atoms with van der Waals surface area (Å²) in [6.07, 6.45) is -3.85. The van der Waals surface area contributed by atoms with Crippen molar-refractivity contribution < 1.29 is 38.4 Å². The molecule has 0 unspecified atom stereocenters. The highest BCUT2D eigenvalue weighted by Crippen LogP contribution is 2.36. The lowest BCUT2D eigenvalue weighted by atomic mass is 10.1. The van der Waals surface area contributed by atoms with Crippen LogP contribution in [-0.4, -0.2) is 59.1 Å². The lowest BCUT2D eigenvalue weighted by Gasteiger charge is -2.28. The first kappa shape index (κ1) is 28.5. The molecule has 0 amide bonds. The van der Waals surface area contributed by atoms with Crippen molar-refractivity contribution in [2.24, 2.45) is 0 Å². The lowest BCUT2D eigenvalue weighted by molar-refractivity contribution is -0.213. The van der Waals surface area contributed by atoms with Crippen LogP contribution in [0.3, 0.4) is 0 Å². The van der Waals surface area contributed by atoms with E-state index in [2.05, 4.69) is 15.9 Å². The summed E-state index contributed by atoms with van der Waals surface area (Å²) >= 11 is 3.21. The molecule has 1 heterocycles. The molecule has 9 heteroatoms. The van der Waals surface area contributed by atoms with Gasteiger partial charge in [-0.15, -0.1) is 0 Å². The average Bonchev–Trinajstić information content (AvgIpc) is 3.19. The third kappa shape index (κ3) is 6.73. The summed E-state index contributed by atoms with van der Waals surface area (Å²) in [7, 11) is 0. The number of halogens is 1. The molecule has 0 saturated carbocycles. The number of hydrogen-bond donors (Lipinski definition) is 1. The molecule has 8 nitrogen and oxygen atoms in total. The van der Waals surface area contributed by atoms with E-state index in [1.807, 2.05) is 20.8 Å². The van der Waals surface area contributed by atoms with Crippen LogP contribution >= 0.6 is 15.9 Å². The van der Waals surface area contributed by atoms with Crippen LogP contribution < -0.4 is 0 Å². The van der Waals surface area contributed by atoms with Gasteiger partial charge >= 0.3 is 17.9 Å². The second kappa shape index (κ2) is 12.1. The Bertz CT molecular complexity index is 1320. The molecule has 39 heavy (non-hydrogen) atoms. The molecule has 1 aliphatic rings. The highest BCUT2D eigenvalue weighted by Gasteiger charge is 2.59. The molecule has 0 bridgehead atoms. The molecule has 204 valence electrons. The van der Waals surface area contributed by atoms with Crippen molar-refractivity contribution in [1.82, 2.24) is 0 Å². The third-order valence-corrected chi connectivity index (χ3v) is 7.18. The molecule has 1 fully saturated rings. The molecule has 0 spiro atoms. The molecule has 1 N–H and O–H groups in total. The second-order valence-electron chi connectivity index (χ2n) is 9.53. The van der Waals surface area contributed by atoms with Crippen molar-refractivity contribution in [2.75, 3.05) is 11.9 Å². The van der Waals surface area contributed by atoms with E-state index in [1.54, 1.807) is 72.8 Å². The van der Waals surface area contributed by atoms with Gasteiger partial charge in [0.2, 0.25) is 5.79 Å². The minimum absolute atomic E-state index is 0.174. The first-order valence-electron chi connectivity index (χ1n) is 12.3. The fourth-order valence-corrected chi connectivity index (χ4v) is 4.52. The number of carbonyl (C=O) groups excluding carboxylic acids is 3. The Morgan fingerprint density at radius 2 is 1.15 bits per heavy atom. The van der Waals surface area contributed by atoms with Gasteiger partial charge in [0, 0.05) is 0 Å². The molecule has 0 aliphatic carbocycles. The van der Waals surface area contributed by atoms with Gasteiger partial charge in [0.1, 0.15) is 12.7 Å². The van der Waals surface area contributed by atoms with Gasteiger partial charge < -0.3 is 24.1 Å². The minimum Gasteiger partial charge on any atom is -0.459 e. The summed E-state index contributed by atoms with van der Waals surface area (Å²) in [5.74, 6) is -4.14. The fourth-order valence-electron chi connectivity index (χ4n) is 4.07. The number of esters is 3. The van der Waals surface area contributed by atoms with Crippen molar-refractivity contribution in [3.63, 3.8) is 0 Å². The van der Waals surface area contributed by atoms with Crippen LogP contribution in [0, 0.1) is 20.8 Å². The Balaban J connectivity index is 1.59. The van der Waals surface area contributed by atoms with E-state index in [1.165, 1.54) is 0 Å². The standard InChI is InChI=1S/C30H29BrO8/c1-18-4-10-21(11-5-18)27(32)36-16-24-25(37-28(33)22-12-6-19(2)7-13-22)26(30(35,17-31)39-24)38-29(34)23-14-8-20(3)9-15-23/h4-15,24-26,35H,16-17H2,1-3H3/t24-,25-,26-,30-/m1/s1. The highest BCUT2D eigenvalue weighted by molar-refractivity contribution is 9.09. The predicted molar refractivity (Wildman–Crippen MR) is 146 cm³/mol. The summed E-state index contributed by atoms with van der Waals surface area (Å²) in [4.78, 5) is 38.7. The fraction of sp³-hybridized carbons (Fsp3) is 0.300. The van der Waals surface area contributed by atoms with Gasteiger partial charge in [-0.2, -0.15) is 0 Å². The van der Waals surface area contributed by atoms with Crippen LogP contribution in [0.1, 0.15) is 47.8 Å². The third-order valence-electron chi connectivity index (χ3n) is 6.37. The lowest BCUT2D eigenvalue weighted by Crippen LogP contribution is -2.49. The smallest absolute Gasteiger partial charge is 0.338 e. The summed E-state index contributed by atoms with van der Waals surface area (Å²) in [5, 5.41) is 11.1. The van der Waals surface area contributed by atoms with Crippen LogP contribution in [0.25, 0.3) is 0 Å². The zero-order valence-corrected chi connectivity index (χ0v) is 23.3. The van der Waals surface area contributed by atoms with E-state index < -0.39 is 42.0 Å². The molecular weight excluding hydrogens is 568 g/mol. The van der Waals surface area contributed by atoms with Gasteiger partial charge in [-0.25, -0.2) is 14.4 Å². The van der Waals surface area contributed by atoms with Crippen LogP contribution in [0.15, 0.2) is 72.8 Å². The van der Waals surface area contributed by atoms with Crippen LogP contribution in [0.5, 0.6) is 0 Å². The summed E-state index contributed by atoms with van der Waals surface area (Å²) in [6.45, 7) is 5.29. The molecule has 4 atom stereocenters. The minimum atomic E-state index is -2.07. The molecule has 4 rings (SSSR count). The number of alkyl halides is 1. The Hall–Kier alpha value is -3.53. The number of hydrogen-bond acceptors (Lipinski definition) is 8. The Labute approximate surface area is 235 Å². The van der Waals surface area contributed by atoms with Crippen molar-refractivity contribution >= 4 is 33.8 Å². The van der Waals surface area contributed by atoms with Crippen LogP contribution in [0.2, 0.25) is 0 Å². The molecular formula is C30H29BrO8. The first-order valence-corrected chi connectivity index (χ1v) is 13.5. The molecule has 3 aromatic rings. The monoisotopic (exact) mass is 596 g/mol. The number of benzene rings is 3. The molecule has 3 aromatic carbocycles. The summed E-state index contributed by atoms with van der Waals surface area (Å²) in [6, 6.07) is 20.2. The van der Waals surface area contributed by atoms with Gasteiger partial charge in [0.05, 0.1) is 22.0 Å². The van der Waals surface area contributed by atoms with Gasteiger partial charge in [-0.1, -0.05) is 69.0 Å². The van der Waals surface area contributed by atoms with Crippen molar-refractivity contribution in [1.29, 1.82) is 0 Å². The maximum atomic E-state index is 13.1. The average molecular weight is 597 g/mol. The predicted octanol–water partition coefficient (Wildman–Crippen LogP) is 4.70. The zero-order valence-electron chi connectivity index (χ0n) is 21.8. The highest BCUT2D eigenvalue weighted by atomic mass is 79.9. The largest absolute Gasteiger partial charge is 0.459 e. The molecule has 1 saturated heterocycles. The summed E-state index contributed by atoms with van der Waals surface area (Å²) < 4.78 is 22.7. The maximum absolute atomic E-state index is 13.1. The van der Waals surface area contributed by atoms with Gasteiger partial charge in [-0.05, 0) is 57.2 Å². The van der Waals surface area contributed by atoms with Gasteiger partial charge in [0.15, 0.2) is 12.2 Å². The van der Waals surface area contributed by atoms with E-state index in [-0.39, 0.29) is 23.1 Å². The van der Waals surface area contributed by atoms with Crippen molar-refractivity contribution in [3.8, 4) is 0 Å². The van der Waals surface area contributed by atoms with E-state index >= 15 is 0 Å². The Kier molecular flexibility index (Phi) is 8.84. The second-order valence-corrected chi connectivity index (χ2v) is 10.1. The van der Waals surface area contributed by atoms with Gasteiger partial charge in [-0.3, -0.25) is 0 Å². The first-order chi connectivity index (χ1) is 18.6. The quantitative estimate of drug-likeness (QED) is 0.226. The Morgan fingerprint density at radius 1 is 0.744 bits per heavy atom. The Morgan fingerprint density at radius 3 is 1.59 bits per heavy atom. The van der Waals surface area contributed by atoms with E-state index in [0.29, 0.717) is 5.56 Å². The number of aryl methyl sites for hydroxylation is 3.